The minimum atomic E-state index is 0.806. The summed E-state index contributed by atoms with van der Waals surface area (Å²) >= 11 is 7.85. The molecule has 81 valence electrons. The van der Waals surface area contributed by atoms with Crippen LogP contribution in [0.15, 0.2) is 58.2 Å². The van der Waals surface area contributed by atoms with Crippen LogP contribution in [0.4, 0.5) is 0 Å². The highest BCUT2D eigenvalue weighted by Gasteiger charge is 2.08. The molecule has 0 spiro atoms. The van der Waals surface area contributed by atoms with Gasteiger partial charge in [0.05, 0.1) is 5.02 Å². The predicted molar refractivity (Wildman–Crippen MR) is 76.4 cm³/mol. The number of benzene rings is 2. The zero-order valence-electron chi connectivity index (χ0n) is 9.06. The van der Waals surface area contributed by atoms with Gasteiger partial charge in [-0.15, -0.1) is 5.98 Å². The van der Waals surface area contributed by atoms with Crippen LogP contribution in [-0.4, -0.2) is 7.28 Å². The Balaban J connectivity index is 1.90. The number of fused-ring (bicyclic) bond motifs is 1. The molecule has 0 aliphatic carbocycles. The smallest absolute Gasteiger partial charge is 0.116 e. The van der Waals surface area contributed by atoms with Crippen molar-refractivity contribution in [2.24, 2.45) is 0 Å². The fourth-order valence-electron chi connectivity index (χ4n) is 1.82. The van der Waals surface area contributed by atoms with Crippen LogP contribution in [0, 0.1) is 0 Å². The van der Waals surface area contributed by atoms with E-state index in [0.717, 1.165) is 9.92 Å². The first-order valence-electron chi connectivity index (χ1n) is 5.41. The molecule has 3 rings (SSSR count). The first-order valence-corrected chi connectivity index (χ1v) is 6.60. The Bertz CT molecular complexity index is 593. The monoisotopic (exact) mass is 255 g/mol. The third-order valence-electron chi connectivity index (χ3n) is 2.67. The van der Waals surface area contributed by atoms with Crippen LogP contribution >= 0.6 is 23.4 Å². The normalized spacial score (nSPS) is 12.3. The largest absolute Gasteiger partial charge is 0.182 e. The molecule has 0 atom stereocenters. The molecule has 2 aromatic rings. The minimum absolute atomic E-state index is 0.806. The van der Waals surface area contributed by atoms with Crippen molar-refractivity contribution < 1.29 is 0 Å². The lowest BCUT2D eigenvalue weighted by Gasteiger charge is -2.06. The van der Waals surface area contributed by atoms with Gasteiger partial charge >= 0.3 is 0 Å². The number of halogens is 1. The first kappa shape index (κ1) is 11.0. The highest BCUT2D eigenvalue weighted by Crippen LogP contribution is 2.32. The SMILES string of the molecule is Clc1ccccc1Sc1ccc2c(c1)[B]C=C2. The van der Waals surface area contributed by atoms with Gasteiger partial charge in [0, 0.05) is 9.79 Å². The van der Waals surface area contributed by atoms with Crippen molar-refractivity contribution in [3.63, 3.8) is 0 Å². The summed E-state index contributed by atoms with van der Waals surface area (Å²) in [6.45, 7) is 0. The van der Waals surface area contributed by atoms with E-state index in [1.54, 1.807) is 11.8 Å². The summed E-state index contributed by atoms with van der Waals surface area (Å²) in [5.74, 6) is 2.08. The molecule has 1 aliphatic heterocycles. The predicted octanol–water partition coefficient (Wildman–Crippen LogP) is 3.81. The lowest BCUT2D eigenvalue weighted by Crippen LogP contribution is -2.10. The quantitative estimate of drug-likeness (QED) is 0.736. The molecular weight excluding hydrogens is 246 g/mol. The highest BCUT2D eigenvalue weighted by atomic mass is 35.5. The number of rotatable bonds is 2. The van der Waals surface area contributed by atoms with Crippen LogP contribution < -0.4 is 5.46 Å². The molecule has 0 N–H and O–H groups in total. The maximum Gasteiger partial charge on any atom is 0.182 e. The Morgan fingerprint density at radius 3 is 2.82 bits per heavy atom. The van der Waals surface area contributed by atoms with E-state index in [0.29, 0.717) is 0 Å². The second-order valence-corrected chi connectivity index (χ2v) is 5.37. The molecule has 0 saturated carbocycles. The van der Waals surface area contributed by atoms with Crippen LogP contribution in [0.1, 0.15) is 5.56 Å². The van der Waals surface area contributed by atoms with E-state index in [9.17, 15) is 0 Å². The molecule has 0 nitrogen and oxygen atoms in total. The second-order valence-electron chi connectivity index (χ2n) is 3.85. The standard InChI is InChI=1S/C14H9BClS/c16-13-3-1-2-4-14(13)17-11-6-5-10-7-8-15-12(10)9-11/h1-9H. The van der Waals surface area contributed by atoms with Crippen LogP contribution in [0.5, 0.6) is 0 Å². The summed E-state index contributed by atoms with van der Waals surface area (Å²) in [6, 6.07) is 14.4. The van der Waals surface area contributed by atoms with Gasteiger partial charge in [0.25, 0.3) is 0 Å². The highest BCUT2D eigenvalue weighted by molar-refractivity contribution is 7.99. The van der Waals surface area contributed by atoms with Gasteiger partial charge in [0.2, 0.25) is 0 Å². The Labute approximate surface area is 111 Å². The van der Waals surface area contributed by atoms with Gasteiger partial charge < -0.3 is 0 Å². The summed E-state index contributed by atoms with van der Waals surface area (Å²) in [6.07, 6.45) is 2.12. The molecule has 2 aromatic carbocycles. The van der Waals surface area contributed by atoms with Gasteiger partial charge in [0.15, 0.2) is 7.28 Å². The fourth-order valence-corrected chi connectivity index (χ4v) is 2.96. The zero-order chi connectivity index (χ0) is 11.7. The number of hydrogen-bond donors (Lipinski definition) is 0. The third-order valence-corrected chi connectivity index (χ3v) is 4.18. The van der Waals surface area contributed by atoms with Crippen LogP contribution in [-0.2, 0) is 0 Å². The molecule has 0 amide bonds. The van der Waals surface area contributed by atoms with Gasteiger partial charge in [-0.2, -0.15) is 0 Å². The average molecular weight is 256 g/mol. The molecule has 0 fully saturated rings. The van der Waals surface area contributed by atoms with Crippen molar-refractivity contribution in [3.05, 3.63) is 59.0 Å². The van der Waals surface area contributed by atoms with Crippen molar-refractivity contribution in [1.82, 2.24) is 0 Å². The maximum atomic E-state index is 6.15. The van der Waals surface area contributed by atoms with Crippen molar-refractivity contribution in [1.29, 1.82) is 0 Å². The molecule has 1 heterocycles. The van der Waals surface area contributed by atoms with Gasteiger partial charge in [-0.1, -0.05) is 59.2 Å². The molecule has 1 aliphatic rings. The maximum absolute atomic E-state index is 6.15. The second kappa shape index (κ2) is 4.63. The fraction of sp³-hybridized carbons (Fsp3) is 0. The number of hydrogen-bond acceptors (Lipinski definition) is 1. The van der Waals surface area contributed by atoms with E-state index in [4.69, 9.17) is 11.6 Å². The molecule has 3 heteroatoms. The Hall–Kier alpha value is -1.12. The summed E-state index contributed by atoms with van der Waals surface area (Å²) < 4.78 is 0. The van der Waals surface area contributed by atoms with Gasteiger partial charge in [-0.3, -0.25) is 0 Å². The van der Waals surface area contributed by atoms with E-state index in [1.165, 1.54) is 15.9 Å². The molecule has 0 saturated heterocycles. The van der Waals surface area contributed by atoms with E-state index in [1.807, 2.05) is 24.3 Å². The van der Waals surface area contributed by atoms with Crippen LogP contribution in [0.25, 0.3) is 6.08 Å². The zero-order valence-corrected chi connectivity index (χ0v) is 10.6. The van der Waals surface area contributed by atoms with Crippen LogP contribution in [0.3, 0.4) is 0 Å². The molecule has 0 aromatic heterocycles. The first-order chi connectivity index (χ1) is 8.33. The molecule has 17 heavy (non-hydrogen) atoms. The molecule has 0 bridgehead atoms. The lowest BCUT2D eigenvalue weighted by atomic mass is 9.73. The summed E-state index contributed by atoms with van der Waals surface area (Å²) in [7, 11) is 2.13. The Morgan fingerprint density at radius 2 is 1.94 bits per heavy atom. The minimum Gasteiger partial charge on any atom is -0.116 e. The van der Waals surface area contributed by atoms with Crippen molar-refractivity contribution in [3.8, 4) is 0 Å². The van der Waals surface area contributed by atoms with Crippen molar-refractivity contribution in [2.45, 2.75) is 9.79 Å². The van der Waals surface area contributed by atoms with Gasteiger partial charge in [0.1, 0.15) is 0 Å². The van der Waals surface area contributed by atoms with Crippen LogP contribution in [0.2, 0.25) is 5.02 Å². The van der Waals surface area contributed by atoms with Gasteiger partial charge in [-0.05, 0) is 23.8 Å². The summed E-state index contributed by atoms with van der Waals surface area (Å²) in [5.41, 5.74) is 2.57. The van der Waals surface area contributed by atoms with E-state index in [-0.39, 0.29) is 0 Å². The van der Waals surface area contributed by atoms with Crippen molar-refractivity contribution in [2.75, 3.05) is 0 Å². The molecular formula is C14H9BClS. The molecule has 1 radical (unpaired) electrons. The van der Waals surface area contributed by atoms with E-state index >= 15 is 0 Å². The molecule has 0 unspecified atom stereocenters. The van der Waals surface area contributed by atoms with Crippen molar-refractivity contribution >= 4 is 42.2 Å². The third kappa shape index (κ3) is 2.29. The Morgan fingerprint density at radius 1 is 1.06 bits per heavy atom. The lowest BCUT2D eigenvalue weighted by molar-refractivity contribution is 1.41. The summed E-state index contributed by atoms with van der Waals surface area (Å²) in [4.78, 5) is 2.32. The Kier molecular flexibility index (Phi) is 3.00. The van der Waals surface area contributed by atoms with Gasteiger partial charge in [-0.25, -0.2) is 0 Å². The van der Waals surface area contributed by atoms with E-state index < -0.39 is 0 Å². The van der Waals surface area contributed by atoms with E-state index in [2.05, 4.69) is 37.5 Å². The summed E-state index contributed by atoms with van der Waals surface area (Å²) in [5, 5.41) is 0.806. The average Bonchev–Trinajstić information content (AvgIpc) is 2.79. The topological polar surface area (TPSA) is 0 Å².